The highest BCUT2D eigenvalue weighted by molar-refractivity contribution is 6.04. The second-order valence-corrected chi connectivity index (χ2v) is 9.10. The first kappa shape index (κ1) is 21.7. The maximum atomic E-state index is 13.3. The number of benzene rings is 1. The van der Waals surface area contributed by atoms with E-state index >= 15 is 0 Å². The SMILES string of the molecule is CC[C@H](C)C1=Cc2c(ncc(C(=O)Cc3ccc(F)cc3)c2NC2CCC(N)CC2)C1. The van der Waals surface area contributed by atoms with E-state index in [2.05, 4.69) is 30.2 Å². The average Bonchev–Trinajstić information content (AvgIpc) is 3.21. The van der Waals surface area contributed by atoms with Gasteiger partial charge in [-0.2, -0.15) is 0 Å². The fourth-order valence-corrected chi connectivity index (χ4v) is 4.59. The van der Waals surface area contributed by atoms with E-state index in [1.54, 1.807) is 18.3 Å². The fraction of sp³-hybridized carbons (Fsp3) is 0.462. The summed E-state index contributed by atoms with van der Waals surface area (Å²) in [5.74, 6) is 0.200. The number of nitrogens with two attached hydrogens (primary N) is 1. The lowest BCUT2D eigenvalue weighted by Crippen LogP contribution is -2.33. The zero-order chi connectivity index (χ0) is 22.0. The van der Waals surface area contributed by atoms with Crippen LogP contribution in [0.2, 0.25) is 0 Å². The molecule has 0 unspecified atom stereocenters. The standard InChI is InChI=1S/C26H32FN3O/c1-3-16(2)18-13-22-24(14-18)29-15-23(25(31)12-17-4-6-19(27)7-5-17)26(22)30-21-10-8-20(28)9-11-21/h4-7,13,15-16,20-21H,3,8-12,14,28H2,1-2H3,(H,29,30)/t16-,20?,21?/m0/s1. The highest BCUT2D eigenvalue weighted by Gasteiger charge is 2.27. The molecule has 5 heteroatoms. The maximum absolute atomic E-state index is 13.3. The number of hydrogen-bond acceptors (Lipinski definition) is 4. The summed E-state index contributed by atoms with van der Waals surface area (Å²) in [5.41, 5.74) is 11.9. The molecule has 0 aliphatic heterocycles. The van der Waals surface area contributed by atoms with Crippen molar-refractivity contribution in [2.75, 3.05) is 5.32 Å². The molecule has 0 bridgehead atoms. The predicted octanol–water partition coefficient (Wildman–Crippen LogP) is 5.31. The number of allylic oxidation sites excluding steroid dienone is 1. The minimum Gasteiger partial charge on any atom is -0.381 e. The summed E-state index contributed by atoms with van der Waals surface area (Å²) in [7, 11) is 0. The lowest BCUT2D eigenvalue weighted by Gasteiger charge is -2.29. The van der Waals surface area contributed by atoms with Crippen LogP contribution in [-0.4, -0.2) is 22.9 Å². The molecular weight excluding hydrogens is 389 g/mol. The molecule has 2 aliphatic carbocycles. The second kappa shape index (κ2) is 9.31. The minimum absolute atomic E-state index is 0.00214. The summed E-state index contributed by atoms with van der Waals surface area (Å²) in [6.45, 7) is 4.44. The lowest BCUT2D eigenvalue weighted by atomic mass is 9.91. The van der Waals surface area contributed by atoms with Crippen molar-refractivity contribution in [2.45, 2.75) is 70.9 Å². The van der Waals surface area contributed by atoms with Gasteiger partial charge in [-0.15, -0.1) is 0 Å². The highest BCUT2D eigenvalue weighted by atomic mass is 19.1. The van der Waals surface area contributed by atoms with Gasteiger partial charge >= 0.3 is 0 Å². The third-order valence-electron chi connectivity index (χ3n) is 6.84. The molecule has 1 atom stereocenters. The van der Waals surface area contributed by atoms with E-state index in [0.717, 1.165) is 61.0 Å². The van der Waals surface area contributed by atoms with Gasteiger partial charge in [0, 0.05) is 36.7 Å². The van der Waals surface area contributed by atoms with Crippen molar-refractivity contribution in [2.24, 2.45) is 11.7 Å². The van der Waals surface area contributed by atoms with Crippen LogP contribution >= 0.6 is 0 Å². The number of nitrogens with zero attached hydrogens (tertiary/aromatic N) is 1. The first-order chi connectivity index (χ1) is 14.9. The second-order valence-electron chi connectivity index (χ2n) is 9.10. The Morgan fingerprint density at radius 1 is 1.23 bits per heavy atom. The van der Waals surface area contributed by atoms with Crippen molar-refractivity contribution in [1.29, 1.82) is 0 Å². The number of hydrogen-bond donors (Lipinski definition) is 2. The van der Waals surface area contributed by atoms with Crippen LogP contribution in [0.5, 0.6) is 0 Å². The van der Waals surface area contributed by atoms with Crippen molar-refractivity contribution < 1.29 is 9.18 Å². The molecule has 3 N–H and O–H groups in total. The van der Waals surface area contributed by atoms with Gasteiger partial charge in [0.25, 0.3) is 0 Å². The monoisotopic (exact) mass is 421 g/mol. The van der Waals surface area contributed by atoms with Gasteiger partial charge in [-0.3, -0.25) is 9.78 Å². The first-order valence-corrected chi connectivity index (χ1v) is 11.5. The summed E-state index contributed by atoms with van der Waals surface area (Å²) in [6.07, 6.45) is 10.1. The number of carbonyl (C=O) groups excluding carboxylic acids is 1. The Kier molecular flexibility index (Phi) is 6.51. The highest BCUT2D eigenvalue weighted by Crippen LogP contribution is 2.37. The molecule has 2 aliphatic rings. The van der Waals surface area contributed by atoms with Crippen LogP contribution in [0.25, 0.3) is 6.08 Å². The molecule has 1 aromatic heterocycles. The van der Waals surface area contributed by atoms with E-state index in [9.17, 15) is 9.18 Å². The van der Waals surface area contributed by atoms with Crippen LogP contribution in [0.15, 0.2) is 36.0 Å². The number of halogens is 1. The lowest BCUT2D eigenvalue weighted by molar-refractivity contribution is 0.0993. The van der Waals surface area contributed by atoms with Gasteiger partial charge in [0.05, 0.1) is 16.9 Å². The zero-order valence-electron chi connectivity index (χ0n) is 18.5. The molecule has 1 heterocycles. The number of fused-ring (bicyclic) bond motifs is 1. The van der Waals surface area contributed by atoms with E-state index in [-0.39, 0.29) is 24.1 Å². The van der Waals surface area contributed by atoms with Crippen molar-refractivity contribution in [3.05, 3.63) is 64.2 Å². The molecule has 1 saturated carbocycles. The van der Waals surface area contributed by atoms with Crippen molar-refractivity contribution in [1.82, 2.24) is 4.98 Å². The summed E-state index contributed by atoms with van der Waals surface area (Å²) in [5, 5.41) is 3.70. The van der Waals surface area contributed by atoms with E-state index in [1.165, 1.54) is 17.7 Å². The van der Waals surface area contributed by atoms with Crippen molar-refractivity contribution in [3.63, 3.8) is 0 Å². The maximum Gasteiger partial charge on any atom is 0.170 e. The smallest absolute Gasteiger partial charge is 0.170 e. The van der Waals surface area contributed by atoms with E-state index < -0.39 is 0 Å². The third-order valence-corrected chi connectivity index (χ3v) is 6.84. The number of pyridine rings is 1. The summed E-state index contributed by atoms with van der Waals surface area (Å²) < 4.78 is 13.3. The Hall–Kier alpha value is -2.53. The topological polar surface area (TPSA) is 68.0 Å². The number of ketones is 1. The van der Waals surface area contributed by atoms with Gasteiger partial charge in [-0.1, -0.05) is 37.6 Å². The first-order valence-electron chi connectivity index (χ1n) is 11.5. The Labute approximate surface area is 184 Å². The molecule has 0 radical (unpaired) electrons. The quantitative estimate of drug-likeness (QED) is 0.594. The number of anilines is 1. The van der Waals surface area contributed by atoms with Crippen LogP contribution in [0.4, 0.5) is 10.1 Å². The van der Waals surface area contributed by atoms with Gasteiger partial charge in [0.15, 0.2) is 5.78 Å². The molecule has 0 amide bonds. The van der Waals surface area contributed by atoms with Gasteiger partial charge in [0.2, 0.25) is 0 Å². The molecule has 1 fully saturated rings. The van der Waals surface area contributed by atoms with Gasteiger partial charge in [-0.25, -0.2) is 4.39 Å². The number of rotatable bonds is 7. The molecule has 4 rings (SSSR count). The number of aromatic nitrogens is 1. The number of Topliss-reactive ketones (excluding diaryl/α,β-unsaturated/α-hetero) is 1. The van der Waals surface area contributed by atoms with Crippen LogP contribution < -0.4 is 11.1 Å². The predicted molar refractivity (Wildman–Crippen MR) is 124 cm³/mol. The van der Waals surface area contributed by atoms with E-state index in [1.807, 2.05) is 0 Å². The third kappa shape index (κ3) is 4.87. The van der Waals surface area contributed by atoms with Crippen LogP contribution in [0.3, 0.4) is 0 Å². The van der Waals surface area contributed by atoms with E-state index in [0.29, 0.717) is 17.5 Å². The number of nitrogens with one attached hydrogen (secondary N) is 1. The van der Waals surface area contributed by atoms with Gasteiger partial charge < -0.3 is 11.1 Å². The van der Waals surface area contributed by atoms with Crippen LogP contribution in [-0.2, 0) is 12.8 Å². The normalized spacial score (nSPS) is 21.4. The van der Waals surface area contributed by atoms with Crippen LogP contribution in [0.1, 0.15) is 73.1 Å². The molecule has 0 saturated heterocycles. The largest absolute Gasteiger partial charge is 0.381 e. The van der Waals surface area contributed by atoms with Crippen molar-refractivity contribution >= 4 is 17.5 Å². The molecule has 1 aromatic carbocycles. The van der Waals surface area contributed by atoms with Crippen molar-refractivity contribution in [3.8, 4) is 0 Å². The summed E-state index contributed by atoms with van der Waals surface area (Å²) in [6, 6.07) is 6.72. The fourth-order valence-electron chi connectivity index (χ4n) is 4.59. The van der Waals surface area contributed by atoms with Gasteiger partial charge in [0.1, 0.15) is 5.82 Å². The molecule has 164 valence electrons. The Morgan fingerprint density at radius 2 is 1.94 bits per heavy atom. The minimum atomic E-state index is -0.295. The molecule has 4 nitrogen and oxygen atoms in total. The Bertz CT molecular complexity index is 975. The molecular formula is C26H32FN3O. The molecule has 2 aromatic rings. The summed E-state index contributed by atoms with van der Waals surface area (Å²) in [4.78, 5) is 17.9. The zero-order valence-corrected chi connectivity index (χ0v) is 18.5. The van der Waals surface area contributed by atoms with Crippen LogP contribution in [0, 0.1) is 11.7 Å². The average molecular weight is 422 g/mol. The van der Waals surface area contributed by atoms with Gasteiger partial charge in [-0.05, 0) is 55.7 Å². The number of carbonyl (C=O) groups is 1. The Balaban J connectivity index is 1.66. The molecule has 0 spiro atoms. The van der Waals surface area contributed by atoms with E-state index in [4.69, 9.17) is 5.73 Å². The summed E-state index contributed by atoms with van der Waals surface area (Å²) >= 11 is 0. The molecule has 31 heavy (non-hydrogen) atoms. The Morgan fingerprint density at radius 3 is 2.61 bits per heavy atom.